The first-order valence-corrected chi connectivity index (χ1v) is 6.76. The monoisotopic (exact) mass is 243 g/mol. The Kier molecular flexibility index (Phi) is 2.25. The van der Waals surface area contributed by atoms with Gasteiger partial charge in [0.1, 0.15) is 0 Å². The van der Waals surface area contributed by atoms with Gasteiger partial charge in [0.2, 0.25) is 0 Å². The third-order valence-electron chi connectivity index (χ3n) is 4.19. The van der Waals surface area contributed by atoms with Crippen LogP contribution >= 0.6 is 0 Å². The summed E-state index contributed by atoms with van der Waals surface area (Å²) in [6.07, 6.45) is 6.89. The zero-order valence-corrected chi connectivity index (χ0v) is 10.7. The molecule has 2 unspecified atom stereocenters. The van der Waals surface area contributed by atoms with Crippen molar-refractivity contribution in [2.24, 2.45) is 0 Å². The summed E-state index contributed by atoms with van der Waals surface area (Å²) in [5.41, 5.74) is 6.86. The van der Waals surface area contributed by atoms with Crippen molar-refractivity contribution in [3.8, 4) is 0 Å². The van der Waals surface area contributed by atoms with E-state index in [0.29, 0.717) is 5.92 Å². The molecule has 0 aromatic heterocycles. The Hall–Kier alpha value is -2.08. The number of allylic oxidation sites excluding steroid dienone is 3. The Balaban J connectivity index is 1.96. The van der Waals surface area contributed by atoms with E-state index in [1.54, 1.807) is 0 Å². The van der Waals surface area contributed by atoms with Gasteiger partial charge in [0.05, 0.1) is 0 Å². The lowest BCUT2D eigenvalue weighted by molar-refractivity contribution is 0.941. The molecule has 2 aromatic carbocycles. The largest absolute Gasteiger partial charge is 0.0722 e. The van der Waals surface area contributed by atoms with Crippen molar-refractivity contribution in [2.45, 2.75) is 11.8 Å². The quantitative estimate of drug-likeness (QED) is 0.622. The maximum atomic E-state index is 4.30. The molecule has 0 N–H and O–H groups in total. The molecule has 1 radical (unpaired) electrons. The molecule has 2 aromatic rings. The molecule has 0 aliphatic heterocycles. The maximum Gasteiger partial charge on any atom is 0.0278 e. The lowest BCUT2D eigenvalue weighted by atomic mass is 9.72. The third-order valence-corrected chi connectivity index (χ3v) is 4.19. The fourth-order valence-corrected chi connectivity index (χ4v) is 3.28. The Morgan fingerprint density at radius 3 is 2.47 bits per heavy atom. The second-order valence-corrected chi connectivity index (χ2v) is 5.28. The fraction of sp³-hybridized carbons (Fsp3) is 0.105. The van der Waals surface area contributed by atoms with Crippen LogP contribution < -0.4 is 0 Å². The summed E-state index contributed by atoms with van der Waals surface area (Å²) < 4.78 is 0. The van der Waals surface area contributed by atoms with E-state index in [1.807, 2.05) is 0 Å². The minimum absolute atomic E-state index is 0.252. The predicted octanol–water partition coefficient (Wildman–Crippen LogP) is 4.81. The van der Waals surface area contributed by atoms with Gasteiger partial charge in [-0.15, -0.1) is 0 Å². The van der Waals surface area contributed by atoms with Crippen LogP contribution in [-0.2, 0) is 0 Å². The van der Waals surface area contributed by atoms with Gasteiger partial charge in [-0.25, -0.2) is 0 Å². The van der Waals surface area contributed by atoms with Gasteiger partial charge in [-0.3, -0.25) is 0 Å². The Labute approximate surface area is 114 Å². The number of benzene rings is 2. The van der Waals surface area contributed by atoms with Crippen molar-refractivity contribution < 1.29 is 0 Å². The van der Waals surface area contributed by atoms with Crippen molar-refractivity contribution in [2.75, 3.05) is 0 Å². The van der Waals surface area contributed by atoms with Crippen LogP contribution in [0.25, 0.3) is 11.6 Å². The highest BCUT2D eigenvalue weighted by Gasteiger charge is 2.28. The molecule has 91 valence electrons. The van der Waals surface area contributed by atoms with Crippen LogP contribution in [0.2, 0.25) is 0 Å². The summed E-state index contributed by atoms with van der Waals surface area (Å²) in [5, 5.41) is 0. The lowest BCUT2D eigenvalue weighted by Gasteiger charge is -2.31. The van der Waals surface area contributed by atoms with Crippen LogP contribution in [0.1, 0.15) is 34.1 Å². The van der Waals surface area contributed by atoms with Crippen molar-refractivity contribution in [3.63, 3.8) is 0 Å². The topological polar surface area (TPSA) is 0 Å². The molecule has 19 heavy (non-hydrogen) atoms. The minimum Gasteiger partial charge on any atom is -0.0722 e. The first kappa shape index (κ1) is 10.8. The molecule has 0 amide bonds. The summed E-state index contributed by atoms with van der Waals surface area (Å²) in [4.78, 5) is 0. The molecule has 2 atom stereocenters. The summed E-state index contributed by atoms with van der Waals surface area (Å²) >= 11 is 0. The molecule has 0 spiro atoms. The van der Waals surface area contributed by atoms with E-state index >= 15 is 0 Å². The predicted molar refractivity (Wildman–Crippen MR) is 80.7 cm³/mol. The lowest BCUT2D eigenvalue weighted by Crippen LogP contribution is -2.13. The maximum absolute atomic E-state index is 4.30. The SMILES string of the molecule is [CH2]C1C=C2c3ccccc3C=CC2c2ccccc21. The summed E-state index contributed by atoms with van der Waals surface area (Å²) in [5.74, 6) is 0.645. The normalized spacial score (nSPS) is 23.1. The van der Waals surface area contributed by atoms with Gasteiger partial charge in [-0.2, -0.15) is 0 Å². The minimum atomic E-state index is 0.252. The van der Waals surface area contributed by atoms with Gasteiger partial charge in [-0.05, 0) is 34.8 Å². The van der Waals surface area contributed by atoms with E-state index in [0.717, 1.165) is 0 Å². The average Bonchev–Trinajstić information content (AvgIpc) is 2.47. The molecule has 4 rings (SSSR count). The number of hydrogen-bond donors (Lipinski definition) is 0. The standard InChI is InChI=1S/C19H15/c1-13-12-19-16-8-3-2-6-14(16)10-11-18(19)17-9-5-4-7-15(13)17/h2-13,18H,1H2. The fourth-order valence-electron chi connectivity index (χ4n) is 3.28. The van der Waals surface area contributed by atoms with Gasteiger partial charge in [0.15, 0.2) is 0 Å². The van der Waals surface area contributed by atoms with Gasteiger partial charge in [-0.1, -0.05) is 66.8 Å². The van der Waals surface area contributed by atoms with Crippen LogP contribution in [0.3, 0.4) is 0 Å². The highest BCUT2D eigenvalue weighted by molar-refractivity contribution is 5.86. The first-order valence-electron chi connectivity index (χ1n) is 6.76. The zero-order chi connectivity index (χ0) is 12.8. The van der Waals surface area contributed by atoms with E-state index in [4.69, 9.17) is 0 Å². The van der Waals surface area contributed by atoms with Crippen molar-refractivity contribution in [1.29, 1.82) is 0 Å². The highest BCUT2D eigenvalue weighted by Crippen LogP contribution is 2.46. The third kappa shape index (κ3) is 1.53. The molecule has 0 fully saturated rings. The summed E-state index contributed by atoms with van der Waals surface area (Å²) in [6.45, 7) is 4.30. The molecule has 0 saturated heterocycles. The van der Waals surface area contributed by atoms with Gasteiger partial charge < -0.3 is 0 Å². The summed E-state index contributed by atoms with van der Waals surface area (Å²) in [7, 11) is 0. The first-order chi connectivity index (χ1) is 9.34. The molecule has 2 aliphatic carbocycles. The van der Waals surface area contributed by atoms with Crippen LogP contribution in [0.4, 0.5) is 0 Å². The smallest absolute Gasteiger partial charge is 0.0278 e. The van der Waals surface area contributed by atoms with Crippen LogP contribution in [0.5, 0.6) is 0 Å². The Morgan fingerprint density at radius 2 is 1.58 bits per heavy atom. The van der Waals surface area contributed by atoms with Crippen LogP contribution in [0, 0.1) is 6.92 Å². The van der Waals surface area contributed by atoms with Crippen LogP contribution in [-0.4, -0.2) is 0 Å². The summed E-state index contributed by atoms with van der Waals surface area (Å²) in [6, 6.07) is 17.3. The zero-order valence-electron chi connectivity index (χ0n) is 10.7. The van der Waals surface area contributed by atoms with Crippen molar-refractivity contribution in [1.82, 2.24) is 0 Å². The van der Waals surface area contributed by atoms with E-state index in [9.17, 15) is 0 Å². The molecule has 0 heteroatoms. The van der Waals surface area contributed by atoms with E-state index in [1.165, 1.54) is 27.8 Å². The molecule has 0 bridgehead atoms. The highest BCUT2D eigenvalue weighted by atomic mass is 14.3. The Bertz CT molecular complexity index is 703. The molecular formula is C19H15. The van der Waals surface area contributed by atoms with E-state index in [2.05, 4.69) is 73.7 Å². The number of fused-ring (bicyclic) bond motifs is 5. The van der Waals surface area contributed by atoms with Crippen molar-refractivity contribution >= 4 is 11.6 Å². The van der Waals surface area contributed by atoms with E-state index < -0.39 is 0 Å². The molecule has 2 aliphatic rings. The molecule has 0 nitrogen and oxygen atoms in total. The van der Waals surface area contributed by atoms with Crippen LogP contribution in [0.15, 0.2) is 60.7 Å². The number of hydrogen-bond acceptors (Lipinski definition) is 0. The second-order valence-electron chi connectivity index (χ2n) is 5.28. The Morgan fingerprint density at radius 1 is 0.842 bits per heavy atom. The molecule has 0 saturated carbocycles. The number of rotatable bonds is 0. The average molecular weight is 243 g/mol. The van der Waals surface area contributed by atoms with Gasteiger partial charge >= 0.3 is 0 Å². The second kappa shape index (κ2) is 3.96. The van der Waals surface area contributed by atoms with Crippen molar-refractivity contribution in [3.05, 3.63) is 89.9 Å². The van der Waals surface area contributed by atoms with E-state index in [-0.39, 0.29) is 5.92 Å². The van der Waals surface area contributed by atoms with Gasteiger partial charge in [0.25, 0.3) is 0 Å². The molecule has 0 heterocycles. The molecular weight excluding hydrogens is 228 g/mol. The van der Waals surface area contributed by atoms with Gasteiger partial charge in [0, 0.05) is 11.8 Å².